The second kappa shape index (κ2) is 11.5. The van der Waals surface area contributed by atoms with Crippen LogP contribution in [0.5, 0.6) is 0 Å². The van der Waals surface area contributed by atoms with Crippen LogP contribution in [-0.4, -0.2) is 22.4 Å². The van der Waals surface area contributed by atoms with Gasteiger partial charge in [0, 0.05) is 0 Å². The molecule has 0 radical (unpaired) electrons. The summed E-state index contributed by atoms with van der Waals surface area (Å²) in [6.07, 6.45) is 13.9. The predicted octanol–water partition coefficient (Wildman–Crippen LogP) is 5.31. The molecule has 1 rings (SSSR count). The molecule has 0 aromatic rings. The van der Waals surface area contributed by atoms with Crippen molar-refractivity contribution >= 4 is 0 Å². The van der Waals surface area contributed by atoms with Crippen molar-refractivity contribution in [2.75, 3.05) is 0 Å². The molecule has 5 unspecified atom stereocenters. The average molecular weight is 313 g/mol. The van der Waals surface area contributed by atoms with E-state index in [-0.39, 0.29) is 18.1 Å². The van der Waals surface area contributed by atoms with Gasteiger partial charge in [0.25, 0.3) is 0 Å². The zero-order chi connectivity index (χ0) is 16.4. The molecule has 2 heteroatoms. The van der Waals surface area contributed by atoms with Crippen LogP contribution in [0, 0.1) is 17.8 Å². The molecule has 0 bridgehead atoms. The highest BCUT2D eigenvalue weighted by Crippen LogP contribution is 2.34. The van der Waals surface area contributed by atoms with Gasteiger partial charge in [-0.05, 0) is 37.0 Å². The summed E-state index contributed by atoms with van der Waals surface area (Å²) in [6, 6.07) is 0. The minimum absolute atomic E-state index is 0.214. The van der Waals surface area contributed by atoms with Crippen LogP contribution in [-0.2, 0) is 0 Å². The molecule has 132 valence electrons. The molecule has 0 aromatic heterocycles. The summed E-state index contributed by atoms with van der Waals surface area (Å²) >= 11 is 0. The lowest BCUT2D eigenvalue weighted by Crippen LogP contribution is -2.36. The van der Waals surface area contributed by atoms with E-state index in [1.54, 1.807) is 0 Å². The van der Waals surface area contributed by atoms with Gasteiger partial charge in [0.1, 0.15) is 0 Å². The first-order valence-electron chi connectivity index (χ1n) is 9.92. The summed E-state index contributed by atoms with van der Waals surface area (Å²) < 4.78 is 0. The second-order valence-electron chi connectivity index (χ2n) is 7.84. The predicted molar refractivity (Wildman–Crippen MR) is 94.9 cm³/mol. The van der Waals surface area contributed by atoms with Crippen LogP contribution < -0.4 is 0 Å². The van der Waals surface area contributed by atoms with Crippen LogP contribution in [0.1, 0.15) is 97.8 Å². The minimum Gasteiger partial charge on any atom is -0.393 e. The van der Waals surface area contributed by atoms with Crippen molar-refractivity contribution < 1.29 is 10.2 Å². The number of aliphatic hydroxyl groups is 2. The molecule has 1 saturated carbocycles. The van der Waals surface area contributed by atoms with E-state index in [1.165, 1.54) is 51.4 Å². The third kappa shape index (κ3) is 7.46. The zero-order valence-electron chi connectivity index (χ0n) is 15.3. The van der Waals surface area contributed by atoms with E-state index < -0.39 is 0 Å². The Morgan fingerprint density at radius 2 is 1.59 bits per heavy atom. The largest absolute Gasteiger partial charge is 0.393 e. The smallest absolute Gasteiger partial charge is 0.0571 e. The number of aliphatic hydroxyl groups excluding tert-OH is 2. The van der Waals surface area contributed by atoms with Crippen LogP contribution in [0.15, 0.2) is 0 Å². The van der Waals surface area contributed by atoms with E-state index in [1.807, 2.05) is 0 Å². The standard InChI is InChI=1S/C20H40O2/c1-4-5-6-7-8-9-10-14-19(21)18-13-11-12-16(2)15-20(22)17(18)3/h16-22H,4-15H2,1-3H3. The van der Waals surface area contributed by atoms with Gasteiger partial charge >= 0.3 is 0 Å². The molecular formula is C20H40O2. The fraction of sp³-hybridized carbons (Fsp3) is 1.00. The molecule has 2 nitrogen and oxygen atoms in total. The molecule has 0 amide bonds. The van der Waals surface area contributed by atoms with Crippen molar-refractivity contribution in [2.45, 2.75) is 110 Å². The monoisotopic (exact) mass is 312 g/mol. The third-order valence-electron chi connectivity index (χ3n) is 5.76. The molecule has 0 spiro atoms. The third-order valence-corrected chi connectivity index (χ3v) is 5.76. The van der Waals surface area contributed by atoms with E-state index in [0.717, 1.165) is 25.7 Å². The summed E-state index contributed by atoms with van der Waals surface area (Å²) in [5, 5.41) is 20.9. The lowest BCUT2D eigenvalue weighted by molar-refractivity contribution is -0.0119. The summed E-state index contributed by atoms with van der Waals surface area (Å²) in [4.78, 5) is 0. The number of rotatable bonds is 9. The van der Waals surface area contributed by atoms with E-state index in [2.05, 4.69) is 20.8 Å². The Balaban J connectivity index is 2.25. The Bertz CT molecular complexity index is 266. The Labute approximate surface area is 138 Å². The fourth-order valence-electron chi connectivity index (χ4n) is 4.06. The fourth-order valence-corrected chi connectivity index (χ4v) is 4.06. The first-order chi connectivity index (χ1) is 10.6. The first-order valence-corrected chi connectivity index (χ1v) is 9.92. The number of unbranched alkanes of at least 4 members (excludes halogenated alkanes) is 6. The Morgan fingerprint density at radius 3 is 2.27 bits per heavy atom. The molecule has 5 atom stereocenters. The summed E-state index contributed by atoms with van der Waals surface area (Å²) in [5.41, 5.74) is 0. The van der Waals surface area contributed by atoms with Gasteiger partial charge < -0.3 is 10.2 Å². The maximum Gasteiger partial charge on any atom is 0.0571 e. The van der Waals surface area contributed by atoms with Crippen LogP contribution >= 0.6 is 0 Å². The molecule has 0 heterocycles. The van der Waals surface area contributed by atoms with Gasteiger partial charge in [0.15, 0.2) is 0 Å². The van der Waals surface area contributed by atoms with Crippen molar-refractivity contribution in [3.8, 4) is 0 Å². The molecule has 2 N–H and O–H groups in total. The van der Waals surface area contributed by atoms with E-state index in [4.69, 9.17) is 0 Å². The van der Waals surface area contributed by atoms with E-state index >= 15 is 0 Å². The Hall–Kier alpha value is -0.0800. The lowest BCUT2D eigenvalue weighted by Gasteiger charge is -2.35. The van der Waals surface area contributed by atoms with Crippen molar-refractivity contribution in [1.82, 2.24) is 0 Å². The normalized spacial score (nSPS) is 31.5. The van der Waals surface area contributed by atoms with Crippen LogP contribution in [0.4, 0.5) is 0 Å². The quantitative estimate of drug-likeness (QED) is 0.566. The molecule has 0 saturated heterocycles. The maximum absolute atomic E-state index is 10.6. The van der Waals surface area contributed by atoms with Gasteiger partial charge in [-0.15, -0.1) is 0 Å². The Kier molecular flexibility index (Phi) is 10.4. The van der Waals surface area contributed by atoms with Crippen molar-refractivity contribution in [2.24, 2.45) is 17.8 Å². The molecule has 1 fully saturated rings. The highest BCUT2D eigenvalue weighted by Gasteiger charge is 2.31. The topological polar surface area (TPSA) is 40.5 Å². The summed E-state index contributed by atoms with van der Waals surface area (Å²) in [7, 11) is 0. The van der Waals surface area contributed by atoms with Crippen molar-refractivity contribution in [3.63, 3.8) is 0 Å². The molecule has 1 aliphatic carbocycles. The van der Waals surface area contributed by atoms with Gasteiger partial charge in [0.2, 0.25) is 0 Å². The van der Waals surface area contributed by atoms with Gasteiger partial charge in [-0.2, -0.15) is 0 Å². The maximum atomic E-state index is 10.6. The van der Waals surface area contributed by atoms with Crippen LogP contribution in [0.2, 0.25) is 0 Å². The highest BCUT2D eigenvalue weighted by atomic mass is 16.3. The lowest BCUT2D eigenvalue weighted by atomic mass is 9.75. The van der Waals surface area contributed by atoms with E-state index in [9.17, 15) is 10.2 Å². The second-order valence-corrected chi connectivity index (χ2v) is 7.84. The van der Waals surface area contributed by atoms with E-state index in [0.29, 0.717) is 11.8 Å². The molecule has 0 aliphatic heterocycles. The van der Waals surface area contributed by atoms with Crippen LogP contribution in [0.3, 0.4) is 0 Å². The van der Waals surface area contributed by atoms with Crippen molar-refractivity contribution in [3.05, 3.63) is 0 Å². The molecule has 22 heavy (non-hydrogen) atoms. The average Bonchev–Trinajstić information content (AvgIpc) is 2.48. The van der Waals surface area contributed by atoms with Gasteiger partial charge in [-0.3, -0.25) is 0 Å². The minimum atomic E-state index is -0.232. The van der Waals surface area contributed by atoms with Gasteiger partial charge in [-0.1, -0.05) is 78.6 Å². The van der Waals surface area contributed by atoms with Crippen molar-refractivity contribution in [1.29, 1.82) is 0 Å². The first kappa shape index (κ1) is 20.0. The zero-order valence-corrected chi connectivity index (χ0v) is 15.3. The summed E-state index contributed by atoms with van der Waals surface area (Å²) in [5.74, 6) is 1.16. The molecule has 0 aromatic carbocycles. The molecule has 1 aliphatic rings. The number of hydrogen-bond acceptors (Lipinski definition) is 2. The Morgan fingerprint density at radius 1 is 0.955 bits per heavy atom. The van der Waals surface area contributed by atoms with Gasteiger partial charge in [-0.25, -0.2) is 0 Å². The SMILES string of the molecule is CCCCCCCCCC(O)C1CCCC(C)CC(O)C1C. The molecular weight excluding hydrogens is 272 g/mol. The number of hydrogen-bond donors (Lipinski definition) is 2. The van der Waals surface area contributed by atoms with Gasteiger partial charge in [0.05, 0.1) is 12.2 Å². The van der Waals surface area contributed by atoms with Crippen LogP contribution in [0.25, 0.3) is 0 Å². The highest BCUT2D eigenvalue weighted by molar-refractivity contribution is 4.82. The summed E-state index contributed by atoms with van der Waals surface area (Å²) in [6.45, 7) is 6.63.